The van der Waals surface area contributed by atoms with E-state index < -0.39 is 0 Å². The minimum atomic E-state index is -0.308. The number of amides is 1. The number of likely N-dealkylation sites (tertiary alicyclic amines) is 2. The summed E-state index contributed by atoms with van der Waals surface area (Å²) >= 11 is 0. The number of rotatable bonds is 3. The minimum Gasteiger partial charge on any atom is -0.338 e. The highest BCUT2D eigenvalue weighted by Crippen LogP contribution is 2.41. The summed E-state index contributed by atoms with van der Waals surface area (Å²) in [5.41, 5.74) is 1.98. The predicted octanol–water partition coefficient (Wildman–Crippen LogP) is 4.05. The third-order valence-electron chi connectivity index (χ3n) is 5.99. The highest BCUT2D eigenvalue weighted by molar-refractivity contribution is 5.94. The van der Waals surface area contributed by atoms with Crippen molar-refractivity contribution in [3.8, 4) is 0 Å². The standard InChI is InChI=1S/C22H25FN2O/c23-20-10-8-18(9-11-20)21(26)24-16-12-22(13-17-24,25-14-4-5-15-25)19-6-2-1-3-7-19/h1-3,6-11H,4-5,12-17H2. The molecule has 26 heavy (non-hydrogen) atoms. The second-order valence-corrected chi connectivity index (χ2v) is 7.39. The van der Waals surface area contributed by atoms with Crippen molar-refractivity contribution in [1.82, 2.24) is 9.80 Å². The van der Waals surface area contributed by atoms with Crippen molar-refractivity contribution in [3.63, 3.8) is 0 Å². The SMILES string of the molecule is O=C(c1ccc(F)cc1)N1CCC(c2ccccc2)(N2CCCC2)CC1. The number of halogens is 1. The van der Waals surface area contributed by atoms with Crippen LogP contribution in [-0.2, 0) is 5.54 Å². The Kier molecular flexibility index (Phi) is 4.77. The molecule has 2 aliphatic rings. The van der Waals surface area contributed by atoms with Crippen LogP contribution in [0.4, 0.5) is 4.39 Å². The largest absolute Gasteiger partial charge is 0.338 e. The van der Waals surface area contributed by atoms with E-state index in [0.717, 1.165) is 39.0 Å². The quantitative estimate of drug-likeness (QED) is 0.832. The molecule has 0 unspecified atom stereocenters. The smallest absolute Gasteiger partial charge is 0.253 e. The number of benzene rings is 2. The van der Waals surface area contributed by atoms with Crippen LogP contribution in [0.2, 0.25) is 0 Å². The Morgan fingerprint density at radius 1 is 0.846 bits per heavy atom. The lowest BCUT2D eigenvalue weighted by molar-refractivity contribution is 0.0294. The van der Waals surface area contributed by atoms with Gasteiger partial charge >= 0.3 is 0 Å². The number of carbonyl (C=O) groups is 1. The molecule has 0 saturated carbocycles. The van der Waals surface area contributed by atoms with Crippen molar-refractivity contribution >= 4 is 5.91 Å². The molecule has 0 aromatic heterocycles. The number of piperidine rings is 1. The molecule has 0 spiro atoms. The summed E-state index contributed by atoms with van der Waals surface area (Å²) in [5.74, 6) is -0.301. The molecule has 1 amide bonds. The zero-order chi connectivity index (χ0) is 18.0. The summed E-state index contributed by atoms with van der Waals surface area (Å²) in [4.78, 5) is 17.3. The first-order chi connectivity index (χ1) is 12.7. The molecular formula is C22H25FN2O. The van der Waals surface area contributed by atoms with Crippen LogP contribution in [-0.4, -0.2) is 41.9 Å². The third-order valence-corrected chi connectivity index (χ3v) is 5.99. The van der Waals surface area contributed by atoms with E-state index in [-0.39, 0.29) is 17.3 Å². The van der Waals surface area contributed by atoms with Crippen molar-refractivity contribution in [2.24, 2.45) is 0 Å². The molecule has 2 fully saturated rings. The maximum Gasteiger partial charge on any atom is 0.253 e. The van der Waals surface area contributed by atoms with E-state index in [2.05, 4.69) is 35.2 Å². The van der Waals surface area contributed by atoms with Gasteiger partial charge < -0.3 is 4.90 Å². The Bertz CT molecular complexity index is 745. The summed E-state index contributed by atoms with van der Waals surface area (Å²) in [7, 11) is 0. The fourth-order valence-corrected chi connectivity index (χ4v) is 4.54. The molecule has 0 N–H and O–H groups in total. The maximum atomic E-state index is 13.1. The van der Waals surface area contributed by atoms with Gasteiger partial charge in [0.25, 0.3) is 5.91 Å². The van der Waals surface area contributed by atoms with Gasteiger partial charge in [0.15, 0.2) is 0 Å². The van der Waals surface area contributed by atoms with Gasteiger partial charge in [-0.1, -0.05) is 30.3 Å². The Labute approximate surface area is 154 Å². The topological polar surface area (TPSA) is 23.6 Å². The number of nitrogens with zero attached hydrogens (tertiary/aromatic N) is 2. The minimum absolute atomic E-state index is 0.00748. The zero-order valence-electron chi connectivity index (χ0n) is 15.0. The summed E-state index contributed by atoms with van der Waals surface area (Å²) in [5, 5.41) is 0. The lowest BCUT2D eigenvalue weighted by atomic mass is 9.79. The van der Waals surface area contributed by atoms with Crippen LogP contribution in [0.5, 0.6) is 0 Å². The van der Waals surface area contributed by atoms with E-state index in [1.54, 1.807) is 12.1 Å². The molecule has 136 valence electrons. The van der Waals surface area contributed by atoms with E-state index in [9.17, 15) is 9.18 Å². The second-order valence-electron chi connectivity index (χ2n) is 7.39. The van der Waals surface area contributed by atoms with Crippen molar-refractivity contribution in [2.45, 2.75) is 31.2 Å². The van der Waals surface area contributed by atoms with Crippen molar-refractivity contribution in [1.29, 1.82) is 0 Å². The van der Waals surface area contributed by atoms with Gasteiger partial charge in [-0.05, 0) is 68.6 Å². The van der Waals surface area contributed by atoms with Gasteiger partial charge in [0.1, 0.15) is 5.82 Å². The molecule has 0 aliphatic carbocycles. The first-order valence-corrected chi connectivity index (χ1v) is 9.54. The molecule has 2 heterocycles. The van der Waals surface area contributed by atoms with Gasteiger partial charge in [-0.15, -0.1) is 0 Å². The molecule has 0 bridgehead atoms. The van der Waals surface area contributed by atoms with Crippen molar-refractivity contribution < 1.29 is 9.18 Å². The van der Waals surface area contributed by atoms with Crippen LogP contribution >= 0.6 is 0 Å². The lowest BCUT2D eigenvalue weighted by Gasteiger charge is -2.48. The second kappa shape index (κ2) is 7.20. The Morgan fingerprint density at radius 2 is 1.46 bits per heavy atom. The van der Waals surface area contributed by atoms with Crippen LogP contribution in [0.1, 0.15) is 41.6 Å². The van der Waals surface area contributed by atoms with Gasteiger partial charge in [0.05, 0.1) is 0 Å². The highest BCUT2D eigenvalue weighted by atomic mass is 19.1. The number of hydrogen-bond donors (Lipinski definition) is 0. The van der Waals surface area contributed by atoms with Gasteiger partial charge in [0, 0.05) is 24.2 Å². The molecule has 2 saturated heterocycles. The van der Waals surface area contributed by atoms with Crippen LogP contribution < -0.4 is 0 Å². The fourth-order valence-electron chi connectivity index (χ4n) is 4.54. The molecule has 2 aromatic rings. The van der Waals surface area contributed by atoms with Crippen LogP contribution in [0.3, 0.4) is 0 Å². The van der Waals surface area contributed by atoms with Crippen molar-refractivity contribution in [2.75, 3.05) is 26.2 Å². The Hall–Kier alpha value is -2.20. The summed E-state index contributed by atoms with van der Waals surface area (Å²) in [6.07, 6.45) is 4.41. The van der Waals surface area contributed by atoms with Gasteiger partial charge in [-0.25, -0.2) is 4.39 Å². The predicted molar refractivity (Wildman–Crippen MR) is 100 cm³/mol. The first-order valence-electron chi connectivity index (χ1n) is 9.54. The van der Waals surface area contributed by atoms with Crippen LogP contribution in [0.25, 0.3) is 0 Å². The summed E-state index contributed by atoms with van der Waals surface area (Å²) in [6.45, 7) is 3.75. The normalized spacial score (nSPS) is 20.3. The molecule has 3 nitrogen and oxygen atoms in total. The number of carbonyl (C=O) groups excluding carboxylic acids is 1. The Balaban J connectivity index is 1.54. The number of hydrogen-bond acceptors (Lipinski definition) is 2. The molecule has 4 heteroatoms. The fraction of sp³-hybridized carbons (Fsp3) is 0.409. The summed E-state index contributed by atoms with van der Waals surface area (Å²) < 4.78 is 13.1. The van der Waals surface area contributed by atoms with Crippen molar-refractivity contribution in [3.05, 3.63) is 71.5 Å². The highest BCUT2D eigenvalue weighted by Gasteiger charge is 2.42. The van der Waals surface area contributed by atoms with Crippen LogP contribution in [0, 0.1) is 5.82 Å². The molecule has 0 radical (unpaired) electrons. The molecular weight excluding hydrogens is 327 g/mol. The lowest BCUT2D eigenvalue weighted by Crippen LogP contribution is -2.53. The summed E-state index contributed by atoms with van der Waals surface area (Å²) in [6, 6.07) is 16.6. The van der Waals surface area contributed by atoms with E-state index >= 15 is 0 Å². The average Bonchev–Trinajstić information content (AvgIpc) is 3.24. The van der Waals surface area contributed by atoms with Gasteiger partial charge in [-0.2, -0.15) is 0 Å². The van der Waals surface area contributed by atoms with E-state index in [4.69, 9.17) is 0 Å². The molecule has 4 rings (SSSR count). The van der Waals surface area contributed by atoms with E-state index in [1.165, 1.54) is 30.5 Å². The Morgan fingerprint density at radius 3 is 2.08 bits per heavy atom. The first kappa shape index (κ1) is 17.2. The molecule has 2 aliphatic heterocycles. The van der Waals surface area contributed by atoms with Gasteiger partial charge in [0.2, 0.25) is 0 Å². The molecule has 0 atom stereocenters. The molecule has 2 aromatic carbocycles. The zero-order valence-corrected chi connectivity index (χ0v) is 15.0. The monoisotopic (exact) mass is 352 g/mol. The van der Waals surface area contributed by atoms with Gasteiger partial charge in [-0.3, -0.25) is 9.69 Å². The average molecular weight is 352 g/mol. The van der Waals surface area contributed by atoms with Crippen LogP contribution in [0.15, 0.2) is 54.6 Å². The van der Waals surface area contributed by atoms with E-state index in [0.29, 0.717) is 5.56 Å². The third kappa shape index (κ3) is 3.14. The van der Waals surface area contributed by atoms with E-state index in [1.807, 2.05) is 4.90 Å². The maximum absolute atomic E-state index is 13.1.